The molecule has 1 saturated carbocycles. The topological polar surface area (TPSA) is 39.7 Å². The number of rotatable bonds is 8. The highest BCUT2D eigenvalue weighted by atomic mass is 16.5. The lowest BCUT2D eigenvalue weighted by atomic mass is 9.77. The molecule has 1 N–H and O–H groups in total. The predicted molar refractivity (Wildman–Crippen MR) is 79.9 cm³/mol. The summed E-state index contributed by atoms with van der Waals surface area (Å²) < 4.78 is 16.8. The van der Waals surface area contributed by atoms with Crippen LogP contribution in [-0.4, -0.2) is 32.9 Å². The number of hydrogen-bond donors (Lipinski definition) is 1. The van der Waals surface area contributed by atoms with E-state index < -0.39 is 0 Å². The van der Waals surface area contributed by atoms with Gasteiger partial charge in [-0.25, -0.2) is 0 Å². The molecule has 4 heteroatoms. The summed E-state index contributed by atoms with van der Waals surface area (Å²) in [5, 5.41) is 3.37. The quantitative estimate of drug-likeness (QED) is 0.743. The zero-order valence-electron chi connectivity index (χ0n) is 12.7. The van der Waals surface area contributed by atoms with Crippen LogP contribution >= 0.6 is 0 Å². The first-order valence-corrected chi connectivity index (χ1v) is 7.34. The average Bonchev–Trinajstić information content (AvgIpc) is 2.44. The molecule has 0 aromatic heterocycles. The maximum atomic E-state index is 6.27. The van der Waals surface area contributed by atoms with E-state index in [4.69, 9.17) is 14.2 Å². The van der Waals surface area contributed by atoms with Crippen LogP contribution < -0.4 is 19.5 Å². The van der Waals surface area contributed by atoms with Crippen molar-refractivity contribution in [2.45, 2.75) is 38.2 Å². The molecule has 0 unspecified atom stereocenters. The molecule has 0 amide bonds. The van der Waals surface area contributed by atoms with Crippen molar-refractivity contribution < 1.29 is 14.2 Å². The molecule has 0 atom stereocenters. The summed E-state index contributed by atoms with van der Waals surface area (Å²) in [6.45, 7) is 4.13. The summed E-state index contributed by atoms with van der Waals surface area (Å²) in [5.41, 5.74) is -0.0143. The number of nitrogens with one attached hydrogen (secondary N) is 1. The van der Waals surface area contributed by atoms with E-state index in [2.05, 4.69) is 12.2 Å². The normalized spacial score (nSPS) is 16.4. The van der Waals surface area contributed by atoms with E-state index in [-0.39, 0.29) is 5.60 Å². The minimum absolute atomic E-state index is 0.0143. The molecule has 112 valence electrons. The summed E-state index contributed by atoms with van der Waals surface area (Å²) in [6.07, 6.45) is 4.53. The van der Waals surface area contributed by atoms with E-state index in [0.717, 1.165) is 49.6 Å². The van der Waals surface area contributed by atoms with E-state index >= 15 is 0 Å². The zero-order valence-corrected chi connectivity index (χ0v) is 12.7. The van der Waals surface area contributed by atoms with Gasteiger partial charge in [-0.2, -0.15) is 0 Å². The van der Waals surface area contributed by atoms with E-state index in [0.29, 0.717) is 0 Å². The molecule has 0 saturated heterocycles. The fourth-order valence-corrected chi connectivity index (χ4v) is 2.56. The fraction of sp³-hybridized carbons (Fsp3) is 0.625. The van der Waals surface area contributed by atoms with Crippen molar-refractivity contribution in [3.05, 3.63) is 18.2 Å². The molecule has 4 nitrogen and oxygen atoms in total. The molecule has 1 aliphatic carbocycles. The smallest absolute Gasteiger partial charge is 0.127 e. The van der Waals surface area contributed by atoms with E-state index in [1.54, 1.807) is 14.2 Å². The standard InChI is InChI=1S/C16H25NO3/c1-4-17-9-8-16(6-5-7-16)20-15-11-13(18-2)10-14(12-15)19-3/h10-12,17H,4-9H2,1-3H3. The van der Waals surface area contributed by atoms with Gasteiger partial charge in [-0.3, -0.25) is 0 Å². The Bertz CT molecular complexity index is 407. The van der Waals surface area contributed by atoms with Crippen molar-refractivity contribution in [1.29, 1.82) is 0 Å². The Morgan fingerprint density at radius 2 is 1.65 bits per heavy atom. The highest BCUT2D eigenvalue weighted by Crippen LogP contribution is 2.40. The molecule has 0 aliphatic heterocycles. The summed E-state index contributed by atoms with van der Waals surface area (Å²) in [7, 11) is 3.31. The second kappa shape index (κ2) is 6.84. The van der Waals surface area contributed by atoms with Crippen LogP contribution in [0.2, 0.25) is 0 Å². The lowest BCUT2D eigenvalue weighted by Crippen LogP contribution is -2.45. The Labute approximate surface area is 121 Å². The van der Waals surface area contributed by atoms with Crippen LogP contribution in [0.5, 0.6) is 17.2 Å². The molecule has 0 spiro atoms. The van der Waals surface area contributed by atoms with Crippen LogP contribution in [0, 0.1) is 0 Å². The van der Waals surface area contributed by atoms with Crippen molar-refractivity contribution in [2.24, 2.45) is 0 Å². The van der Waals surface area contributed by atoms with Gasteiger partial charge in [0.2, 0.25) is 0 Å². The summed E-state index contributed by atoms with van der Waals surface area (Å²) in [6, 6.07) is 5.71. The van der Waals surface area contributed by atoms with Crippen LogP contribution in [0.4, 0.5) is 0 Å². The number of methoxy groups -OCH3 is 2. The van der Waals surface area contributed by atoms with Crippen LogP contribution in [0.15, 0.2) is 18.2 Å². The number of ether oxygens (including phenoxy) is 3. The molecular formula is C16H25NO3. The van der Waals surface area contributed by atoms with Crippen molar-refractivity contribution in [1.82, 2.24) is 5.32 Å². The SMILES string of the molecule is CCNCCC1(Oc2cc(OC)cc(OC)c2)CCC1. The first-order valence-electron chi connectivity index (χ1n) is 7.34. The Balaban J connectivity index is 2.06. The van der Waals surface area contributed by atoms with E-state index in [9.17, 15) is 0 Å². The summed E-state index contributed by atoms with van der Waals surface area (Å²) >= 11 is 0. The zero-order chi connectivity index (χ0) is 14.4. The maximum Gasteiger partial charge on any atom is 0.127 e. The van der Waals surface area contributed by atoms with Gasteiger partial charge >= 0.3 is 0 Å². The molecule has 0 bridgehead atoms. The van der Waals surface area contributed by atoms with Crippen LogP contribution in [-0.2, 0) is 0 Å². The van der Waals surface area contributed by atoms with Crippen molar-refractivity contribution >= 4 is 0 Å². The molecule has 2 rings (SSSR count). The highest BCUT2D eigenvalue weighted by molar-refractivity contribution is 5.42. The van der Waals surface area contributed by atoms with Gasteiger partial charge in [0.25, 0.3) is 0 Å². The summed E-state index contributed by atoms with van der Waals surface area (Å²) in [4.78, 5) is 0. The molecule has 0 heterocycles. The minimum atomic E-state index is -0.0143. The summed E-state index contributed by atoms with van der Waals surface area (Å²) in [5.74, 6) is 2.36. The molecule has 1 aliphatic rings. The Morgan fingerprint density at radius 3 is 2.10 bits per heavy atom. The van der Waals surface area contributed by atoms with Gasteiger partial charge in [0.15, 0.2) is 0 Å². The van der Waals surface area contributed by atoms with Gasteiger partial charge in [-0.05, 0) is 38.8 Å². The average molecular weight is 279 g/mol. The maximum absolute atomic E-state index is 6.27. The van der Waals surface area contributed by atoms with Crippen molar-refractivity contribution in [3.8, 4) is 17.2 Å². The molecule has 1 fully saturated rings. The van der Waals surface area contributed by atoms with Gasteiger partial charge in [-0.1, -0.05) is 6.92 Å². The Morgan fingerprint density at radius 1 is 1.05 bits per heavy atom. The molecule has 0 radical (unpaired) electrons. The van der Waals surface area contributed by atoms with Crippen LogP contribution in [0.3, 0.4) is 0 Å². The van der Waals surface area contributed by atoms with Crippen molar-refractivity contribution in [3.63, 3.8) is 0 Å². The van der Waals surface area contributed by atoms with Crippen LogP contribution in [0.25, 0.3) is 0 Å². The Kier molecular flexibility index (Phi) is 5.12. The molecular weight excluding hydrogens is 254 g/mol. The van der Waals surface area contributed by atoms with Crippen molar-refractivity contribution in [2.75, 3.05) is 27.3 Å². The van der Waals surface area contributed by atoms with Gasteiger partial charge < -0.3 is 19.5 Å². The lowest BCUT2D eigenvalue weighted by Gasteiger charge is -2.42. The highest BCUT2D eigenvalue weighted by Gasteiger charge is 2.38. The van der Waals surface area contributed by atoms with E-state index in [1.165, 1.54) is 6.42 Å². The third-order valence-electron chi connectivity index (χ3n) is 3.93. The van der Waals surface area contributed by atoms with Gasteiger partial charge in [0, 0.05) is 18.2 Å². The Hall–Kier alpha value is -1.42. The minimum Gasteiger partial charge on any atom is -0.496 e. The second-order valence-electron chi connectivity index (χ2n) is 5.29. The predicted octanol–water partition coefficient (Wildman–Crippen LogP) is 3.00. The number of hydrogen-bond acceptors (Lipinski definition) is 4. The monoisotopic (exact) mass is 279 g/mol. The van der Waals surface area contributed by atoms with Gasteiger partial charge in [-0.15, -0.1) is 0 Å². The fourth-order valence-electron chi connectivity index (χ4n) is 2.56. The molecule has 1 aromatic rings. The first kappa shape index (κ1) is 15.0. The molecule has 1 aromatic carbocycles. The number of benzene rings is 1. The van der Waals surface area contributed by atoms with Gasteiger partial charge in [0.1, 0.15) is 22.8 Å². The first-order chi connectivity index (χ1) is 9.71. The largest absolute Gasteiger partial charge is 0.496 e. The second-order valence-corrected chi connectivity index (χ2v) is 5.29. The lowest BCUT2D eigenvalue weighted by molar-refractivity contribution is -0.0143. The van der Waals surface area contributed by atoms with Crippen LogP contribution in [0.1, 0.15) is 32.6 Å². The third kappa shape index (κ3) is 3.57. The van der Waals surface area contributed by atoms with E-state index in [1.807, 2.05) is 18.2 Å². The third-order valence-corrected chi connectivity index (χ3v) is 3.93. The van der Waals surface area contributed by atoms with Gasteiger partial charge in [0.05, 0.1) is 14.2 Å². The molecule has 20 heavy (non-hydrogen) atoms.